The molecule has 0 atom stereocenters. The zero-order valence-corrected chi connectivity index (χ0v) is 18.0. The Bertz CT molecular complexity index is 1030. The third-order valence-corrected chi connectivity index (χ3v) is 6.77. The van der Waals surface area contributed by atoms with Gasteiger partial charge in [0.1, 0.15) is 4.34 Å². The van der Waals surface area contributed by atoms with Gasteiger partial charge in [-0.3, -0.25) is 4.79 Å². The van der Waals surface area contributed by atoms with Crippen LogP contribution < -0.4 is 14.8 Å². The van der Waals surface area contributed by atoms with Gasteiger partial charge in [-0.1, -0.05) is 41.6 Å². The van der Waals surface area contributed by atoms with Crippen molar-refractivity contribution in [2.75, 3.05) is 6.79 Å². The molecule has 3 aromatic rings. The number of benzene rings is 2. The molecule has 1 aliphatic heterocycles. The molecule has 1 aliphatic rings. The van der Waals surface area contributed by atoms with E-state index in [2.05, 4.69) is 42.3 Å². The Morgan fingerprint density at radius 1 is 1.17 bits per heavy atom. The lowest BCUT2D eigenvalue weighted by molar-refractivity contribution is -0.120. The highest BCUT2D eigenvalue weighted by atomic mass is 32.2. The van der Waals surface area contributed by atoms with Crippen LogP contribution in [0, 0.1) is 13.8 Å². The van der Waals surface area contributed by atoms with Crippen molar-refractivity contribution in [3.63, 3.8) is 0 Å². The van der Waals surface area contributed by atoms with Gasteiger partial charge in [0.2, 0.25) is 12.7 Å². The second-order valence-corrected chi connectivity index (χ2v) is 9.05. The molecule has 2 aromatic carbocycles. The molecule has 4 rings (SSSR count). The fraction of sp³-hybridized carbons (Fsp3) is 0.273. The fourth-order valence-corrected chi connectivity index (χ4v) is 4.92. The Kier molecular flexibility index (Phi) is 6.06. The van der Waals surface area contributed by atoms with E-state index in [1.54, 1.807) is 23.1 Å². The topological polar surface area (TPSA) is 60.5 Å². The van der Waals surface area contributed by atoms with Crippen LogP contribution >= 0.6 is 23.1 Å². The smallest absolute Gasteiger partial charge is 0.231 e. The maximum Gasteiger partial charge on any atom is 0.231 e. The zero-order valence-electron chi connectivity index (χ0n) is 16.4. The van der Waals surface area contributed by atoms with Crippen LogP contribution in [0.15, 0.2) is 46.1 Å². The molecule has 0 unspecified atom stereocenters. The highest BCUT2D eigenvalue weighted by Crippen LogP contribution is 2.32. The van der Waals surface area contributed by atoms with Gasteiger partial charge in [0.25, 0.3) is 0 Å². The molecule has 29 heavy (non-hydrogen) atoms. The van der Waals surface area contributed by atoms with E-state index in [4.69, 9.17) is 9.47 Å². The monoisotopic (exact) mass is 426 g/mol. The summed E-state index contributed by atoms with van der Waals surface area (Å²) in [4.78, 5) is 16.9. The Labute approximate surface area is 178 Å². The van der Waals surface area contributed by atoms with Crippen LogP contribution in [0.4, 0.5) is 0 Å². The van der Waals surface area contributed by atoms with Gasteiger partial charge in [0.15, 0.2) is 11.5 Å². The predicted molar refractivity (Wildman–Crippen MR) is 116 cm³/mol. The van der Waals surface area contributed by atoms with Crippen molar-refractivity contribution in [1.29, 1.82) is 0 Å². The standard InChI is InChI=1S/C22H22N2O3S2/c1-14-3-4-15(2)17(7-14)11-28-22-24-18(12-29-22)9-21(25)23-10-16-5-6-19-20(8-16)27-13-26-19/h3-8,12H,9-11,13H2,1-2H3,(H,23,25). The molecular weight excluding hydrogens is 404 g/mol. The lowest BCUT2D eigenvalue weighted by Gasteiger charge is -2.06. The number of nitrogens with zero attached hydrogens (tertiary/aromatic N) is 1. The summed E-state index contributed by atoms with van der Waals surface area (Å²) in [5.74, 6) is 2.31. The van der Waals surface area contributed by atoms with E-state index < -0.39 is 0 Å². The van der Waals surface area contributed by atoms with Crippen LogP contribution in [-0.4, -0.2) is 17.7 Å². The van der Waals surface area contributed by atoms with Gasteiger partial charge in [0, 0.05) is 17.7 Å². The number of fused-ring (bicyclic) bond motifs is 1. The van der Waals surface area contributed by atoms with Gasteiger partial charge in [0.05, 0.1) is 12.1 Å². The van der Waals surface area contributed by atoms with Crippen molar-refractivity contribution in [3.8, 4) is 11.5 Å². The SMILES string of the molecule is Cc1ccc(C)c(CSc2nc(CC(=O)NCc3ccc4c(c3)OCO4)cs2)c1. The first kappa shape index (κ1) is 19.8. The minimum atomic E-state index is -0.0426. The minimum absolute atomic E-state index is 0.0426. The van der Waals surface area contributed by atoms with E-state index >= 15 is 0 Å². The van der Waals surface area contributed by atoms with Crippen LogP contribution in [0.1, 0.15) is 27.9 Å². The van der Waals surface area contributed by atoms with Crippen molar-refractivity contribution >= 4 is 29.0 Å². The van der Waals surface area contributed by atoms with Crippen molar-refractivity contribution in [2.24, 2.45) is 0 Å². The Morgan fingerprint density at radius 2 is 2.03 bits per heavy atom. The summed E-state index contributed by atoms with van der Waals surface area (Å²) in [7, 11) is 0. The van der Waals surface area contributed by atoms with E-state index in [0.29, 0.717) is 6.54 Å². The molecule has 0 radical (unpaired) electrons. The number of thiazole rings is 1. The number of rotatable bonds is 7. The van der Waals surface area contributed by atoms with E-state index in [1.807, 2.05) is 23.6 Å². The fourth-order valence-electron chi connectivity index (χ4n) is 3.01. The first-order valence-corrected chi connectivity index (χ1v) is 11.2. The highest BCUT2D eigenvalue weighted by molar-refractivity contribution is 8.00. The summed E-state index contributed by atoms with van der Waals surface area (Å²) in [5, 5.41) is 4.91. The number of aryl methyl sites for hydroxylation is 2. The van der Waals surface area contributed by atoms with Crippen LogP contribution in [0.5, 0.6) is 11.5 Å². The molecule has 1 aromatic heterocycles. The summed E-state index contributed by atoms with van der Waals surface area (Å²) < 4.78 is 11.7. The molecule has 1 N–H and O–H groups in total. The number of carbonyl (C=O) groups excluding carboxylic acids is 1. The molecule has 0 bridgehead atoms. The maximum atomic E-state index is 12.3. The second-order valence-electron chi connectivity index (χ2n) is 6.96. The minimum Gasteiger partial charge on any atom is -0.454 e. The number of aromatic nitrogens is 1. The molecule has 0 fully saturated rings. The summed E-state index contributed by atoms with van der Waals surface area (Å²) in [6.07, 6.45) is 0.283. The second kappa shape index (κ2) is 8.88. The Balaban J connectivity index is 1.27. The molecule has 0 saturated heterocycles. The Hall–Kier alpha value is -2.51. The average molecular weight is 427 g/mol. The zero-order chi connectivity index (χ0) is 20.2. The number of thioether (sulfide) groups is 1. The summed E-state index contributed by atoms with van der Waals surface area (Å²) in [6.45, 7) is 4.94. The van der Waals surface area contributed by atoms with Crippen molar-refractivity contribution in [2.45, 2.75) is 36.9 Å². The molecule has 2 heterocycles. The molecule has 150 valence electrons. The lowest BCUT2D eigenvalue weighted by atomic mass is 10.1. The van der Waals surface area contributed by atoms with E-state index in [0.717, 1.165) is 32.8 Å². The normalized spacial score (nSPS) is 12.2. The van der Waals surface area contributed by atoms with Gasteiger partial charge in [-0.25, -0.2) is 4.98 Å². The summed E-state index contributed by atoms with van der Waals surface area (Å²) in [5.41, 5.74) is 5.67. The van der Waals surface area contributed by atoms with Crippen molar-refractivity contribution in [1.82, 2.24) is 10.3 Å². The van der Waals surface area contributed by atoms with Crippen LogP contribution in [-0.2, 0) is 23.5 Å². The average Bonchev–Trinajstić information content (AvgIpc) is 3.36. The molecule has 5 nitrogen and oxygen atoms in total. The third kappa shape index (κ3) is 5.10. The quantitative estimate of drug-likeness (QED) is 0.558. The molecule has 0 saturated carbocycles. The van der Waals surface area contributed by atoms with E-state index in [1.165, 1.54) is 16.7 Å². The number of ether oxygens (including phenoxy) is 2. The lowest BCUT2D eigenvalue weighted by Crippen LogP contribution is -2.24. The maximum absolute atomic E-state index is 12.3. The predicted octanol–water partition coefficient (Wildman–Crippen LogP) is 4.64. The number of amides is 1. The van der Waals surface area contributed by atoms with Crippen molar-refractivity contribution < 1.29 is 14.3 Å². The summed E-state index contributed by atoms with van der Waals surface area (Å²) >= 11 is 3.31. The highest BCUT2D eigenvalue weighted by Gasteiger charge is 2.14. The number of carbonyl (C=O) groups is 1. The number of hydrogen-bond acceptors (Lipinski definition) is 6. The van der Waals surface area contributed by atoms with Crippen LogP contribution in [0.2, 0.25) is 0 Å². The van der Waals surface area contributed by atoms with Gasteiger partial charge in [-0.2, -0.15) is 0 Å². The molecular formula is C22H22N2O3S2. The van der Waals surface area contributed by atoms with Crippen LogP contribution in [0.3, 0.4) is 0 Å². The first-order chi connectivity index (χ1) is 14.1. The molecule has 1 amide bonds. The summed E-state index contributed by atoms with van der Waals surface area (Å²) in [6, 6.07) is 12.2. The van der Waals surface area contributed by atoms with Gasteiger partial charge in [-0.05, 0) is 42.7 Å². The van der Waals surface area contributed by atoms with E-state index in [9.17, 15) is 4.79 Å². The van der Waals surface area contributed by atoms with E-state index in [-0.39, 0.29) is 19.1 Å². The van der Waals surface area contributed by atoms with Gasteiger partial charge >= 0.3 is 0 Å². The van der Waals surface area contributed by atoms with Gasteiger partial charge < -0.3 is 14.8 Å². The molecule has 7 heteroatoms. The van der Waals surface area contributed by atoms with Crippen molar-refractivity contribution in [3.05, 3.63) is 69.7 Å². The number of hydrogen-bond donors (Lipinski definition) is 1. The first-order valence-electron chi connectivity index (χ1n) is 9.35. The van der Waals surface area contributed by atoms with Crippen LogP contribution in [0.25, 0.3) is 0 Å². The third-order valence-electron chi connectivity index (χ3n) is 4.65. The number of nitrogens with one attached hydrogen (secondary N) is 1. The Morgan fingerprint density at radius 3 is 2.93 bits per heavy atom. The molecule has 0 spiro atoms. The molecule has 0 aliphatic carbocycles. The largest absolute Gasteiger partial charge is 0.454 e. The van der Waals surface area contributed by atoms with Gasteiger partial charge in [-0.15, -0.1) is 11.3 Å².